The first-order valence-electron chi connectivity index (χ1n) is 7.89. The zero-order valence-corrected chi connectivity index (χ0v) is 14.8. The molecule has 1 N–H and O–H groups in total. The maximum atomic E-state index is 13.8. The molecule has 1 heterocycles. The summed E-state index contributed by atoms with van der Waals surface area (Å²) in [5, 5.41) is 4.92. The van der Waals surface area contributed by atoms with Crippen molar-refractivity contribution in [2.75, 3.05) is 12.4 Å². The molecule has 26 heavy (non-hydrogen) atoms. The number of nitrogens with one attached hydrogen (secondary N) is 1. The number of halogens is 2. The van der Waals surface area contributed by atoms with Crippen LogP contribution in [0.3, 0.4) is 0 Å². The minimum atomic E-state index is -0.470. The fourth-order valence-corrected chi connectivity index (χ4v) is 3.12. The summed E-state index contributed by atoms with van der Waals surface area (Å²) in [6.07, 6.45) is 0.770. The Labute approximate surface area is 153 Å². The molecule has 0 atom stereocenters. The van der Waals surface area contributed by atoms with Crippen LogP contribution >= 0.6 is 11.3 Å². The number of anilines is 1. The Morgan fingerprint density at radius 3 is 2.65 bits per heavy atom. The van der Waals surface area contributed by atoms with Crippen LogP contribution in [0.5, 0.6) is 5.75 Å². The van der Waals surface area contributed by atoms with E-state index in [1.807, 2.05) is 0 Å². The highest BCUT2D eigenvalue weighted by molar-refractivity contribution is 7.14. The van der Waals surface area contributed by atoms with Crippen molar-refractivity contribution in [2.45, 2.75) is 12.8 Å². The molecule has 4 nitrogen and oxygen atoms in total. The summed E-state index contributed by atoms with van der Waals surface area (Å²) in [7, 11) is 1.40. The van der Waals surface area contributed by atoms with Gasteiger partial charge in [0.15, 0.2) is 16.7 Å². The fourth-order valence-electron chi connectivity index (χ4n) is 2.38. The average molecular weight is 374 g/mol. The second kappa shape index (κ2) is 8.05. The molecule has 0 radical (unpaired) electrons. The highest BCUT2D eigenvalue weighted by Crippen LogP contribution is 2.28. The molecular formula is C19H16F2N2O2S. The molecule has 134 valence electrons. The van der Waals surface area contributed by atoms with Gasteiger partial charge < -0.3 is 10.1 Å². The SMILES string of the molecule is COc1ccc(-c2csc(NC(=O)CCc3ccc(F)cc3)n2)cc1F. The molecule has 0 spiro atoms. The predicted molar refractivity (Wildman–Crippen MR) is 97.4 cm³/mol. The van der Waals surface area contributed by atoms with Crippen molar-refractivity contribution < 1.29 is 18.3 Å². The van der Waals surface area contributed by atoms with Crippen LogP contribution in [0, 0.1) is 11.6 Å². The minimum absolute atomic E-state index is 0.165. The van der Waals surface area contributed by atoms with Gasteiger partial charge in [-0.05, 0) is 42.3 Å². The molecule has 0 saturated carbocycles. The van der Waals surface area contributed by atoms with E-state index < -0.39 is 5.82 Å². The number of carbonyl (C=O) groups is 1. The number of hydrogen-bond acceptors (Lipinski definition) is 4. The lowest BCUT2D eigenvalue weighted by molar-refractivity contribution is -0.116. The molecule has 3 rings (SSSR count). The van der Waals surface area contributed by atoms with Crippen LogP contribution < -0.4 is 10.1 Å². The molecule has 3 aromatic rings. The van der Waals surface area contributed by atoms with E-state index in [-0.39, 0.29) is 23.9 Å². The Morgan fingerprint density at radius 2 is 1.96 bits per heavy atom. The number of thiazole rings is 1. The number of ether oxygens (including phenoxy) is 1. The highest BCUT2D eigenvalue weighted by Gasteiger charge is 2.11. The average Bonchev–Trinajstić information content (AvgIpc) is 3.09. The highest BCUT2D eigenvalue weighted by atomic mass is 32.1. The van der Waals surface area contributed by atoms with Crippen LogP contribution in [-0.4, -0.2) is 18.0 Å². The largest absolute Gasteiger partial charge is 0.494 e. The van der Waals surface area contributed by atoms with E-state index >= 15 is 0 Å². The fraction of sp³-hybridized carbons (Fsp3) is 0.158. The summed E-state index contributed by atoms with van der Waals surface area (Å²) in [6.45, 7) is 0. The molecular weight excluding hydrogens is 358 g/mol. The molecule has 7 heteroatoms. The summed E-state index contributed by atoms with van der Waals surface area (Å²) in [5.41, 5.74) is 2.06. The van der Waals surface area contributed by atoms with E-state index in [4.69, 9.17) is 4.74 Å². The Kier molecular flexibility index (Phi) is 5.58. The van der Waals surface area contributed by atoms with Gasteiger partial charge in [0.1, 0.15) is 5.82 Å². The van der Waals surface area contributed by atoms with Gasteiger partial charge in [0, 0.05) is 17.4 Å². The van der Waals surface area contributed by atoms with Gasteiger partial charge >= 0.3 is 0 Å². The molecule has 0 saturated heterocycles. The van der Waals surface area contributed by atoms with Gasteiger partial charge in [-0.2, -0.15) is 0 Å². The molecule has 2 aromatic carbocycles. The quantitative estimate of drug-likeness (QED) is 0.682. The van der Waals surface area contributed by atoms with Crippen LogP contribution in [0.15, 0.2) is 47.8 Å². The summed E-state index contributed by atoms with van der Waals surface area (Å²) >= 11 is 1.27. The Balaban J connectivity index is 1.60. The van der Waals surface area contributed by atoms with Gasteiger partial charge in [0.2, 0.25) is 5.91 Å². The maximum absolute atomic E-state index is 13.8. The second-order valence-corrected chi connectivity index (χ2v) is 6.42. The number of amides is 1. The molecule has 0 unspecified atom stereocenters. The van der Waals surface area contributed by atoms with E-state index in [0.717, 1.165) is 5.56 Å². The van der Waals surface area contributed by atoms with E-state index in [2.05, 4.69) is 10.3 Å². The van der Waals surface area contributed by atoms with Gasteiger partial charge in [-0.1, -0.05) is 12.1 Å². The monoisotopic (exact) mass is 374 g/mol. The number of hydrogen-bond donors (Lipinski definition) is 1. The van der Waals surface area contributed by atoms with Gasteiger partial charge in [-0.3, -0.25) is 4.79 Å². The smallest absolute Gasteiger partial charge is 0.226 e. The van der Waals surface area contributed by atoms with E-state index in [9.17, 15) is 13.6 Å². The lowest BCUT2D eigenvalue weighted by atomic mass is 10.1. The number of benzene rings is 2. The van der Waals surface area contributed by atoms with Gasteiger partial charge in [0.05, 0.1) is 12.8 Å². The minimum Gasteiger partial charge on any atom is -0.494 e. The van der Waals surface area contributed by atoms with Gasteiger partial charge in [-0.25, -0.2) is 13.8 Å². The van der Waals surface area contributed by atoms with Crippen molar-refractivity contribution in [1.29, 1.82) is 0 Å². The summed E-state index contributed by atoms with van der Waals surface area (Å²) in [5.74, 6) is -0.791. The van der Waals surface area contributed by atoms with Crippen LogP contribution in [-0.2, 0) is 11.2 Å². The topological polar surface area (TPSA) is 51.2 Å². The number of nitrogens with zero attached hydrogens (tertiary/aromatic N) is 1. The van der Waals surface area contributed by atoms with Crippen molar-refractivity contribution in [2.24, 2.45) is 0 Å². The van der Waals surface area contributed by atoms with Crippen LogP contribution in [0.4, 0.5) is 13.9 Å². The predicted octanol–water partition coefficient (Wildman–Crippen LogP) is 4.67. The standard InChI is InChI=1S/C19H16F2N2O2S/c1-25-17-8-5-13(10-15(17)21)16-11-26-19(22-16)23-18(24)9-4-12-2-6-14(20)7-3-12/h2-3,5-8,10-11H,4,9H2,1H3,(H,22,23,24). The first-order chi connectivity index (χ1) is 12.5. The van der Waals surface area contributed by atoms with Crippen molar-refractivity contribution in [3.63, 3.8) is 0 Å². The van der Waals surface area contributed by atoms with Crippen LogP contribution in [0.1, 0.15) is 12.0 Å². The molecule has 1 aromatic heterocycles. The normalized spacial score (nSPS) is 10.6. The molecule has 0 aliphatic heterocycles. The van der Waals surface area contributed by atoms with E-state index in [1.54, 1.807) is 23.6 Å². The lowest BCUT2D eigenvalue weighted by Gasteiger charge is -2.03. The number of carbonyl (C=O) groups excluding carboxylic acids is 1. The third kappa shape index (κ3) is 4.43. The van der Waals surface area contributed by atoms with E-state index in [0.29, 0.717) is 22.8 Å². The van der Waals surface area contributed by atoms with Crippen molar-refractivity contribution in [3.8, 4) is 17.0 Å². The third-order valence-corrected chi connectivity index (χ3v) is 4.51. The van der Waals surface area contributed by atoms with Gasteiger partial charge in [-0.15, -0.1) is 11.3 Å². The molecule has 0 aliphatic carbocycles. The van der Waals surface area contributed by atoms with E-state index in [1.165, 1.54) is 42.7 Å². The van der Waals surface area contributed by atoms with Crippen LogP contribution in [0.25, 0.3) is 11.3 Å². The third-order valence-electron chi connectivity index (χ3n) is 3.75. The van der Waals surface area contributed by atoms with Crippen molar-refractivity contribution in [3.05, 3.63) is 65.0 Å². The zero-order chi connectivity index (χ0) is 18.5. The molecule has 0 bridgehead atoms. The maximum Gasteiger partial charge on any atom is 0.226 e. The zero-order valence-electron chi connectivity index (χ0n) is 14.0. The summed E-state index contributed by atoms with van der Waals surface area (Å²) in [4.78, 5) is 16.4. The molecule has 0 aliphatic rings. The van der Waals surface area contributed by atoms with Crippen molar-refractivity contribution >= 4 is 22.4 Å². The molecule has 1 amide bonds. The summed E-state index contributed by atoms with van der Waals surface area (Å²) in [6, 6.07) is 10.6. The number of rotatable bonds is 6. The first-order valence-corrected chi connectivity index (χ1v) is 8.77. The number of aryl methyl sites for hydroxylation is 1. The first kappa shape index (κ1) is 18.0. The van der Waals surface area contributed by atoms with Crippen molar-refractivity contribution in [1.82, 2.24) is 4.98 Å². The second-order valence-electron chi connectivity index (χ2n) is 5.56. The van der Waals surface area contributed by atoms with Gasteiger partial charge in [0.25, 0.3) is 0 Å². The summed E-state index contributed by atoms with van der Waals surface area (Å²) < 4.78 is 31.6. The Bertz CT molecular complexity index is 910. The Hall–Kier alpha value is -2.80. The van der Waals surface area contributed by atoms with Crippen LogP contribution in [0.2, 0.25) is 0 Å². The number of aromatic nitrogens is 1. The number of methoxy groups -OCH3 is 1. The molecule has 0 fully saturated rings. The lowest BCUT2D eigenvalue weighted by Crippen LogP contribution is -2.12. The Morgan fingerprint density at radius 1 is 1.19 bits per heavy atom.